The molecule has 1 aromatic carbocycles. The summed E-state index contributed by atoms with van der Waals surface area (Å²) in [4.78, 5) is 2.30. The van der Waals surface area contributed by atoms with Crippen molar-refractivity contribution in [1.29, 1.82) is 0 Å². The topological polar surface area (TPSA) is 49.9 Å². The van der Waals surface area contributed by atoms with Crippen LogP contribution in [0.3, 0.4) is 0 Å². The van der Waals surface area contributed by atoms with Gasteiger partial charge in [0.25, 0.3) is 0 Å². The summed E-state index contributed by atoms with van der Waals surface area (Å²) in [5, 5.41) is 0. The van der Waals surface area contributed by atoms with Gasteiger partial charge in [-0.1, -0.05) is 0 Å². The maximum atomic E-state index is 12.4. The van der Waals surface area contributed by atoms with Crippen LogP contribution in [-0.4, -0.2) is 64.3 Å². The van der Waals surface area contributed by atoms with E-state index in [-0.39, 0.29) is 4.90 Å². The minimum atomic E-state index is -3.44. The molecule has 0 heterocycles. The molecule has 1 rings (SSSR count). The molecule has 7 heteroatoms. The van der Waals surface area contributed by atoms with E-state index in [0.29, 0.717) is 24.8 Å². The van der Waals surface area contributed by atoms with E-state index in [2.05, 4.69) is 0 Å². The maximum absolute atomic E-state index is 12.4. The standard InChI is InChI=1S/C14H23ClN2O3S/c1-16(2)10-4-11-17(3)21(18,19)14-7-5-13(6-8-14)20-12-9-15/h5-8H,4,9-12H2,1-3H3. The minimum Gasteiger partial charge on any atom is -0.492 e. The van der Waals surface area contributed by atoms with Crippen molar-refractivity contribution >= 4 is 21.6 Å². The van der Waals surface area contributed by atoms with Crippen molar-refractivity contribution in [2.75, 3.05) is 46.7 Å². The normalized spacial score (nSPS) is 12.1. The van der Waals surface area contributed by atoms with Gasteiger partial charge in [0.05, 0.1) is 10.8 Å². The molecular weight excluding hydrogens is 312 g/mol. The SMILES string of the molecule is CN(C)CCCN(C)S(=O)(=O)c1ccc(OCCCl)cc1. The minimum absolute atomic E-state index is 0.271. The monoisotopic (exact) mass is 334 g/mol. The van der Waals surface area contributed by atoms with Crippen LogP contribution in [0.25, 0.3) is 0 Å². The van der Waals surface area contributed by atoms with E-state index in [4.69, 9.17) is 16.3 Å². The van der Waals surface area contributed by atoms with Crippen molar-refractivity contribution < 1.29 is 13.2 Å². The Morgan fingerprint density at radius 3 is 2.24 bits per heavy atom. The number of rotatable bonds is 9. The molecular formula is C14H23ClN2O3S. The first-order valence-corrected chi connectivity index (χ1v) is 8.75. The van der Waals surface area contributed by atoms with Gasteiger partial charge in [-0.3, -0.25) is 0 Å². The highest BCUT2D eigenvalue weighted by molar-refractivity contribution is 7.89. The molecule has 0 aliphatic carbocycles. The van der Waals surface area contributed by atoms with E-state index in [1.165, 1.54) is 4.31 Å². The molecule has 0 aromatic heterocycles. The fraction of sp³-hybridized carbons (Fsp3) is 0.571. The molecule has 0 spiro atoms. The third-order valence-corrected chi connectivity index (χ3v) is 4.98. The first kappa shape index (κ1) is 18.2. The predicted molar refractivity (Wildman–Crippen MR) is 85.6 cm³/mol. The Labute approximate surface area is 132 Å². The average molecular weight is 335 g/mol. The molecule has 5 nitrogen and oxygen atoms in total. The molecule has 0 unspecified atom stereocenters. The van der Waals surface area contributed by atoms with Gasteiger partial charge in [0.1, 0.15) is 12.4 Å². The summed E-state index contributed by atoms with van der Waals surface area (Å²) in [6.07, 6.45) is 0.791. The van der Waals surface area contributed by atoms with Crippen LogP contribution < -0.4 is 4.74 Å². The summed E-state index contributed by atoms with van der Waals surface area (Å²) in [7, 11) is 2.09. The summed E-state index contributed by atoms with van der Waals surface area (Å²) in [6, 6.07) is 6.41. The Kier molecular flexibility index (Phi) is 7.45. The molecule has 0 atom stereocenters. The van der Waals surface area contributed by atoms with E-state index >= 15 is 0 Å². The van der Waals surface area contributed by atoms with Crippen molar-refractivity contribution in [2.45, 2.75) is 11.3 Å². The lowest BCUT2D eigenvalue weighted by Crippen LogP contribution is -2.29. The van der Waals surface area contributed by atoms with Crippen LogP contribution in [0, 0.1) is 0 Å². The Balaban J connectivity index is 2.68. The molecule has 21 heavy (non-hydrogen) atoms. The van der Waals surface area contributed by atoms with Crippen LogP contribution in [0.4, 0.5) is 0 Å². The molecule has 0 saturated heterocycles. The lowest BCUT2D eigenvalue weighted by Gasteiger charge is -2.18. The summed E-state index contributed by atoms with van der Waals surface area (Å²) in [5.41, 5.74) is 0. The number of nitrogens with zero attached hydrogens (tertiary/aromatic N) is 2. The van der Waals surface area contributed by atoms with Crippen molar-refractivity contribution in [2.24, 2.45) is 0 Å². The van der Waals surface area contributed by atoms with Crippen LogP contribution in [0.2, 0.25) is 0 Å². The Morgan fingerprint density at radius 1 is 1.10 bits per heavy atom. The quantitative estimate of drug-likeness (QED) is 0.647. The second kappa shape index (κ2) is 8.58. The highest BCUT2D eigenvalue weighted by Crippen LogP contribution is 2.19. The molecule has 0 bridgehead atoms. The van der Waals surface area contributed by atoms with E-state index in [1.54, 1.807) is 31.3 Å². The van der Waals surface area contributed by atoms with Crippen LogP contribution in [0.1, 0.15) is 6.42 Å². The first-order chi connectivity index (χ1) is 9.87. The van der Waals surface area contributed by atoms with Crippen LogP contribution >= 0.6 is 11.6 Å². The van der Waals surface area contributed by atoms with Gasteiger partial charge < -0.3 is 9.64 Å². The van der Waals surface area contributed by atoms with Gasteiger partial charge in [0, 0.05) is 13.6 Å². The van der Waals surface area contributed by atoms with Gasteiger partial charge >= 0.3 is 0 Å². The fourth-order valence-corrected chi connectivity index (χ4v) is 3.06. The molecule has 0 aliphatic heterocycles. The number of benzene rings is 1. The second-order valence-corrected chi connectivity index (χ2v) is 7.42. The van der Waals surface area contributed by atoms with Gasteiger partial charge in [0.15, 0.2) is 0 Å². The third-order valence-electron chi connectivity index (χ3n) is 2.96. The Hall–Kier alpha value is -0.820. The molecule has 0 radical (unpaired) electrons. The lowest BCUT2D eigenvalue weighted by molar-refractivity contribution is 0.342. The van der Waals surface area contributed by atoms with E-state index in [0.717, 1.165) is 13.0 Å². The first-order valence-electron chi connectivity index (χ1n) is 6.78. The summed E-state index contributed by atoms with van der Waals surface area (Å²) in [6.45, 7) is 1.74. The molecule has 0 aliphatic rings. The van der Waals surface area contributed by atoms with Gasteiger partial charge in [-0.05, 0) is 51.3 Å². The number of hydrogen-bond donors (Lipinski definition) is 0. The zero-order valence-corrected chi connectivity index (χ0v) is 14.3. The Morgan fingerprint density at radius 2 is 1.71 bits per heavy atom. The molecule has 120 valence electrons. The second-order valence-electron chi connectivity index (χ2n) is 4.99. The van der Waals surface area contributed by atoms with Crippen molar-refractivity contribution in [3.63, 3.8) is 0 Å². The predicted octanol–water partition coefficient (Wildman–Crippen LogP) is 1.88. The van der Waals surface area contributed by atoms with Crippen molar-refractivity contribution in [3.8, 4) is 5.75 Å². The number of ether oxygens (including phenoxy) is 1. The number of alkyl halides is 1. The molecule has 0 N–H and O–H groups in total. The molecule has 0 fully saturated rings. The lowest BCUT2D eigenvalue weighted by atomic mass is 10.3. The smallest absolute Gasteiger partial charge is 0.242 e. The zero-order chi connectivity index (χ0) is 15.9. The highest BCUT2D eigenvalue weighted by atomic mass is 35.5. The fourth-order valence-electron chi connectivity index (χ4n) is 1.77. The Bertz CT molecular complexity index is 518. The van der Waals surface area contributed by atoms with Crippen LogP contribution in [-0.2, 0) is 10.0 Å². The summed E-state index contributed by atoms with van der Waals surface area (Å²) in [5.74, 6) is 1.01. The van der Waals surface area contributed by atoms with Crippen molar-refractivity contribution in [1.82, 2.24) is 9.21 Å². The van der Waals surface area contributed by atoms with Gasteiger partial charge in [0.2, 0.25) is 10.0 Å². The summed E-state index contributed by atoms with van der Waals surface area (Å²) < 4.78 is 31.5. The highest BCUT2D eigenvalue weighted by Gasteiger charge is 2.20. The van der Waals surface area contributed by atoms with Crippen LogP contribution in [0.5, 0.6) is 5.75 Å². The molecule has 0 amide bonds. The van der Waals surface area contributed by atoms with Crippen molar-refractivity contribution in [3.05, 3.63) is 24.3 Å². The van der Waals surface area contributed by atoms with Gasteiger partial charge in [-0.2, -0.15) is 0 Å². The number of hydrogen-bond acceptors (Lipinski definition) is 4. The van der Waals surface area contributed by atoms with Gasteiger partial charge in [-0.25, -0.2) is 12.7 Å². The number of sulfonamides is 1. The van der Waals surface area contributed by atoms with E-state index < -0.39 is 10.0 Å². The molecule has 1 aromatic rings. The average Bonchev–Trinajstić information content (AvgIpc) is 2.45. The largest absolute Gasteiger partial charge is 0.492 e. The number of halogens is 1. The molecule has 0 saturated carbocycles. The zero-order valence-electron chi connectivity index (χ0n) is 12.8. The van der Waals surface area contributed by atoms with E-state index in [9.17, 15) is 8.42 Å². The third kappa shape index (κ3) is 5.82. The summed E-state index contributed by atoms with van der Waals surface area (Å²) >= 11 is 5.54. The van der Waals surface area contributed by atoms with E-state index in [1.807, 2.05) is 19.0 Å². The maximum Gasteiger partial charge on any atom is 0.242 e. The van der Waals surface area contributed by atoms with Crippen LogP contribution in [0.15, 0.2) is 29.2 Å². The van der Waals surface area contributed by atoms with Gasteiger partial charge in [-0.15, -0.1) is 11.6 Å².